The molecule has 0 spiro atoms. The van der Waals surface area contributed by atoms with Gasteiger partial charge in [0.2, 0.25) is 0 Å². The second kappa shape index (κ2) is 6.76. The standard InChI is InChI=1S/C17H18F3N/c1-3-21-17(9-12-4-6-13(18)7-5-12)14-8-11(2)15(19)10-16(14)20/h4-8,10,17,21H,3,9H2,1-2H3. The molecule has 4 heteroatoms. The highest BCUT2D eigenvalue weighted by atomic mass is 19.1. The molecule has 21 heavy (non-hydrogen) atoms. The Balaban J connectivity index is 2.30. The molecule has 2 rings (SSSR count). The third kappa shape index (κ3) is 3.85. The van der Waals surface area contributed by atoms with Gasteiger partial charge in [-0.15, -0.1) is 0 Å². The minimum atomic E-state index is -0.564. The summed E-state index contributed by atoms with van der Waals surface area (Å²) in [7, 11) is 0. The van der Waals surface area contributed by atoms with E-state index in [1.54, 1.807) is 19.1 Å². The van der Waals surface area contributed by atoms with Gasteiger partial charge in [-0.3, -0.25) is 0 Å². The summed E-state index contributed by atoms with van der Waals surface area (Å²) in [5.41, 5.74) is 1.73. The van der Waals surface area contributed by atoms with Crippen LogP contribution in [0.2, 0.25) is 0 Å². The molecule has 0 bridgehead atoms. The van der Waals surface area contributed by atoms with Crippen molar-refractivity contribution >= 4 is 0 Å². The molecule has 0 aromatic heterocycles. The Kier molecular flexibility index (Phi) is 5.02. The highest BCUT2D eigenvalue weighted by Crippen LogP contribution is 2.24. The van der Waals surface area contributed by atoms with Gasteiger partial charge in [-0.1, -0.05) is 19.1 Å². The van der Waals surface area contributed by atoms with E-state index >= 15 is 0 Å². The summed E-state index contributed by atoms with van der Waals surface area (Å²) < 4.78 is 40.3. The van der Waals surface area contributed by atoms with Crippen molar-refractivity contribution < 1.29 is 13.2 Å². The van der Waals surface area contributed by atoms with Crippen molar-refractivity contribution in [2.75, 3.05) is 6.54 Å². The van der Waals surface area contributed by atoms with Crippen LogP contribution in [0.25, 0.3) is 0 Å². The number of hydrogen-bond acceptors (Lipinski definition) is 1. The summed E-state index contributed by atoms with van der Waals surface area (Å²) >= 11 is 0. The summed E-state index contributed by atoms with van der Waals surface area (Å²) in [5, 5.41) is 3.19. The molecule has 0 fully saturated rings. The molecule has 112 valence electrons. The molecule has 0 saturated heterocycles. The van der Waals surface area contributed by atoms with E-state index in [0.717, 1.165) is 11.6 Å². The summed E-state index contributed by atoms with van der Waals surface area (Å²) in [6, 6.07) is 8.28. The van der Waals surface area contributed by atoms with Crippen LogP contribution in [0, 0.1) is 24.4 Å². The SMILES string of the molecule is CCNC(Cc1ccc(F)cc1)c1cc(C)c(F)cc1F. The van der Waals surface area contributed by atoms with Gasteiger partial charge < -0.3 is 5.32 Å². The number of nitrogens with one attached hydrogen (secondary N) is 1. The van der Waals surface area contributed by atoms with Crippen molar-refractivity contribution in [1.82, 2.24) is 5.32 Å². The number of halogens is 3. The summed E-state index contributed by atoms with van der Waals surface area (Å²) in [6.45, 7) is 4.19. The minimum Gasteiger partial charge on any atom is -0.310 e. The molecule has 0 amide bonds. The largest absolute Gasteiger partial charge is 0.310 e. The normalized spacial score (nSPS) is 12.4. The molecular weight excluding hydrogens is 275 g/mol. The molecule has 1 N–H and O–H groups in total. The van der Waals surface area contributed by atoms with E-state index in [2.05, 4.69) is 5.32 Å². The first-order chi connectivity index (χ1) is 10.0. The first-order valence-electron chi connectivity index (χ1n) is 6.94. The van der Waals surface area contributed by atoms with Crippen LogP contribution < -0.4 is 5.32 Å². The van der Waals surface area contributed by atoms with Gasteiger partial charge >= 0.3 is 0 Å². The molecule has 2 aromatic carbocycles. The van der Waals surface area contributed by atoms with E-state index in [4.69, 9.17) is 0 Å². The molecule has 0 aliphatic carbocycles. The number of likely N-dealkylation sites (N-methyl/N-ethyl adjacent to an activating group) is 1. The zero-order valence-electron chi connectivity index (χ0n) is 12.1. The number of hydrogen-bond donors (Lipinski definition) is 1. The van der Waals surface area contributed by atoms with Gasteiger partial charge in [0.1, 0.15) is 17.5 Å². The monoisotopic (exact) mass is 293 g/mol. The fourth-order valence-electron chi connectivity index (χ4n) is 2.34. The van der Waals surface area contributed by atoms with Crippen LogP contribution in [0.1, 0.15) is 29.7 Å². The van der Waals surface area contributed by atoms with E-state index in [1.807, 2.05) is 6.92 Å². The van der Waals surface area contributed by atoms with Gasteiger partial charge in [-0.05, 0) is 49.2 Å². The van der Waals surface area contributed by atoms with Gasteiger partial charge in [0, 0.05) is 17.7 Å². The predicted molar refractivity (Wildman–Crippen MR) is 77.6 cm³/mol. The molecule has 0 radical (unpaired) electrons. The van der Waals surface area contributed by atoms with Crippen LogP contribution >= 0.6 is 0 Å². The number of benzene rings is 2. The van der Waals surface area contributed by atoms with E-state index in [-0.39, 0.29) is 11.9 Å². The lowest BCUT2D eigenvalue weighted by Gasteiger charge is -2.20. The molecule has 0 aliphatic rings. The summed E-state index contributed by atoms with van der Waals surface area (Å²) in [4.78, 5) is 0. The average molecular weight is 293 g/mol. The van der Waals surface area contributed by atoms with E-state index in [9.17, 15) is 13.2 Å². The van der Waals surface area contributed by atoms with Crippen molar-refractivity contribution in [3.8, 4) is 0 Å². The van der Waals surface area contributed by atoms with Crippen LogP contribution in [0.4, 0.5) is 13.2 Å². The third-order valence-corrected chi connectivity index (χ3v) is 3.46. The highest BCUT2D eigenvalue weighted by Gasteiger charge is 2.17. The van der Waals surface area contributed by atoms with Crippen LogP contribution in [-0.4, -0.2) is 6.54 Å². The van der Waals surface area contributed by atoms with E-state index < -0.39 is 11.6 Å². The minimum absolute atomic E-state index is 0.278. The van der Waals surface area contributed by atoms with E-state index in [0.29, 0.717) is 24.1 Å². The number of aryl methyl sites for hydroxylation is 1. The maximum Gasteiger partial charge on any atom is 0.130 e. The Morgan fingerprint density at radius 3 is 2.29 bits per heavy atom. The van der Waals surface area contributed by atoms with Crippen LogP contribution in [0.15, 0.2) is 36.4 Å². The lowest BCUT2D eigenvalue weighted by atomic mass is 9.96. The quantitative estimate of drug-likeness (QED) is 0.866. The smallest absolute Gasteiger partial charge is 0.130 e. The van der Waals surface area contributed by atoms with Gasteiger partial charge in [0.25, 0.3) is 0 Å². The fraction of sp³-hybridized carbons (Fsp3) is 0.294. The lowest BCUT2D eigenvalue weighted by Crippen LogP contribution is -2.24. The molecule has 2 aromatic rings. The second-order valence-electron chi connectivity index (χ2n) is 5.06. The predicted octanol–water partition coefficient (Wildman–Crippen LogP) is 4.31. The molecule has 1 atom stereocenters. The third-order valence-electron chi connectivity index (χ3n) is 3.46. The van der Waals surface area contributed by atoms with Crippen LogP contribution in [0.3, 0.4) is 0 Å². The van der Waals surface area contributed by atoms with Gasteiger partial charge in [0.05, 0.1) is 0 Å². The van der Waals surface area contributed by atoms with Gasteiger partial charge in [-0.2, -0.15) is 0 Å². The first-order valence-corrected chi connectivity index (χ1v) is 6.94. The van der Waals surface area contributed by atoms with Crippen LogP contribution in [-0.2, 0) is 6.42 Å². The molecule has 1 unspecified atom stereocenters. The lowest BCUT2D eigenvalue weighted by molar-refractivity contribution is 0.500. The summed E-state index contributed by atoms with van der Waals surface area (Å²) in [5.74, 6) is -1.41. The molecular formula is C17H18F3N. The van der Waals surface area contributed by atoms with Crippen molar-refractivity contribution in [2.45, 2.75) is 26.3 Å². The highest BCUT2D eigenvalue weighted by molar-refractivity contribution is 5.30. The maximum atomic E-state index is 14.0. The molecule has 0 saturated carbocycles. The van der Waals surface area contributed by atoms with Crippen LogP contribution in [0.5, 0.6) is 0 Å². The second-order valence-corrected chi connectivity index (χ2v) is 5.06. The zero-order chi connectivity index (χ0) is 15.4. The van der Waals surface area contributed by atoms with Crippen molar-refractivity contribution in [1.29, 1.82) is 0 Å². The average Bonchev–Trinajstić information content (AvgIpc) is 2.45. The van der Waals surface area contributed by atoms with E-state index in [1.165, 1.54) is 18.2 Å². The fourth-order valence-corrected chi connectivity index (χ4v) is 2.34. The topological polar surface area (TPSA) is 12.0 Å². The number of rotatable bonds is 5. The van der Waals surface area contributed by atoms with Crippen molar-refractivity contribution in [3.63, 3.8) is 0 Å². The molecule has 0 aliphatic heterocycles. The molecule has 1 nitrogen and oxygen atoms in total. The van der Waals surface area contributed by atoms with Gasteiger partial charge in [-0.25, -0.2) is 13.2 Å². The summed E-state index contributed by atoms with van der Waals surface area (Å²) in [6.07, 6.45) is 0.510. The Morgan fingerprint density at radius 2 is 1.67 bits per heavy atom. The Labute approximate surface area is 122 Å². The van der Waals surface area contributed by atoms with Crippen molar-refractivity contribution in [2.24, 2.45) is 0 Å². The Hall–Kier alpha value is -1.81. The maximum absolute atomic E-state index is 14.0. The molecule has 0 heterocycles. The zero-order valence-corrected chi connectivity index (χ0v) is 12.1. The van der Waals surface area contributed by atoms with Crippen molar-refractivity contribution in [3.05, 3.63) is 70.5 Å². The Morgan fingerprint density at radius 1 is 1.00 bits per heavy atom. The van der Waals surface area contributed by atoms with Gasteiger partial charge in [0.15, 0.2) is 0 Å². The first kappa shape index (κ1) is 15.6. The Bertz CT molecular complexity index is 608.